The van der Waals surface area contributed by atoms with Gasteiger partial charge >= 0.3 is 6.18 Å². The topological polar surface area (TPSA) is 73.1 Å². The smallest absolute Gasteiger partial charge is 0.416 e. The van der Waals surface area contributed by atoms with E-state index in [1.165, 1.54) is 30.3 Å². The van der Waals surface area contributed by atoms with Crippen LogP contribution in [0.2, 0.25) is 0 Å². The highest BCUT2D eigenvalue weighted by molar-refractivity contribution is 9.10. The van der Waals surface area contributed by atoms with Crippen molar-refractivity contribution in [1.29, 1.82) is 5.26 Å². The number of nitrogens with zero attached hydrogens (tertiary/aromatic N) is 1. The number of nitriles is 1. The first kappa shape index (κ1) is 18.5. The van der Waals surface area contributed by atoms with Gasteiger partial charge in [-0.15, -0.1) is 0 Å². The van der Waals surface area contributed by atoms with Crippen LogP contribution in [0.15, 0.2) is 52.5 Å². The van der Waals surface area contributed by atoms with Crippen molar-refractivity contribution in [2.45, 2.75) is 6.18 Å². The second-order valence-electron chi connectivity index (χ2n) is 4.91. The van der Waals surface area contributed by atoms with Crippen LogP contribution in [0.3, 0.4) is 0 Å². The van der Waals surface area contributed by atoms with E-state index in [2.05, 4.69) is 21.2 Å². The summed E-state index contributed by atoms with van der Waals surface area (Å²) >= 11 is 3.11. The Balaban J connectivity index is 2.25. The van der Waals surface area contributed by atoms with Crippen LogP contribution in [0, 0.1) is 11.3 Å². The van der Waals surface area contributed by atoms with Crippen molar-refractivity contribution >= 4 is 33.6 Å². The zero-order valence-corrected chi connectivity index (χ0v) is 14.0. The molecule has 0 aliphatic carbocycles. The molecule has 0 saturated carbocycles. The number of nitrogens with one attached hydrogen (secondary N) is 1. The molecule has 8 heteroatoms. The van der Waals surface area contributed by atoms with Crippen molar-refractivity contribution in [3.05, 3.63) is 63.6 Å². The van der Waals surface area contributed by atoms with Crippen molar-refractivity contribution in [3.63, 3.8) is 0 Å². The molecule has 0 spiro atoms. The van der Waals surface area contributed by atoms with Crippen LogP contribution in [-0.2, 0) is 11.0 Å². The molecule has 2 N–H and O–H groups in total. The van der Waals surface area contributed by atoms with Gasteiger partial charge in [-0.05, 0) is 57.9 Å². The van der Waals surface area contributed by atoms with Gasteiger partial charge in [0, 0.05) is 5.69 Å². The van der Waals surface area contributed by atoms with Gasteiger partial charge in [0.25, 0.3) is 5.91 Å². The third kappa shape index (κ3) is 4.84. The maximum atomic E-state index is 12.7. The minimum absolute atomic E-state index is 0.0101. The molecule has 0 radical (unpaired) electrons. The van der Waals surface area contributed by atoms with Crippen LogP contribution in [0.1, 0.15) is 11.1 Å². The number of rotatable bonds is 3. The first-order valence-corrected chi connectivity index (χ1v) is 7.59. The molecule has 0 unspecified atom stereocenters. The number of hydrogen-bond acceptors (Lipinski definition) is 3. The van der Waals surface area contributed by atoms with E-state index in [1.807, 2.05) is 0 Å². The average molecular weight is 411 g/mol. The average Bonchev–Trinajstić information content (AvgIpc) is 2.55. The number of anilines is 1. The number of alkyl halides is 3. The lowest BCUT2D eigenvalue weighted by atomic mass is 10.1. The molecule has 0 bridgehead atoms. The molecule has 0 atom stereocenters. The van der Waals surface area contributed by atoms with Crippen molar-refractivity contribution in [3.8, 4) is 11.8 Å². The number of aromatic hydroxyl groups is 1. The van der Waals surface area contributed by atoms with Crippen LogP contribution in [-0.4, -0.2) is 11.0 Å². The maximum absolute atomic E-state index is 12.7. The third-order valence-electron chi connectivity index (χ3n) is 3.10. The summed E-state index contributed by atoms with van der Waals surface area (Å²) in [5, 5.41) is 20.8. The van der Waals surface area contributed by atoms with Gasteiger partial charge in [0.15, 0.2) is 0 Å². The van der Waals surface area contributed by atoms with Crippen molar-refractivity contribution in [2.75, 3.05) is 5.32 Å². The predicted octanol–water partition coefficient (Wildman–Crippen LogP) is 4.72. The van der Waals surface area contributed by atoms with E-state index >= 15 is 0 Å². The molecule has 0 aliphatic rings. The van der Waals surface area contributed by atoms with Gasteiger partial charge in [0.2, 0.25) is 0 Å². The van der Waals surface area contributed by atoms with Crippen LogP contribution >= 0.6 is 15.9 Å². The first-order chi connectivity index (χ1) is 11.7. The normalized spacial score (nSPS) is 11.7. The lowest BCUT2D eigenvalue weighted by molar-refractivity contribution is -0.137. The molecule has 0 heterocycles. The summed E-state index contributed by atoms with van der Waals surface area (Å²) in [7, 11) is 0. The predicted molar refractivity (Wildman–Crippen MR) is 89.5 cm³/mol. The van der Waals surface area contributed by atoms with Crippen LogP contribution in [0.5, 0.6) is 5.75 Å². The zero-order valence-electron chi connectivity index (χ0n) is 12.4. The molecule has 2 aromatic rings. The molecule has 0 fully saturated rings. The minimum atomic E-state index is -4.53. The summed E-state index contributed by atoms with van der Waals surface area (Å²) in [4.78, 5) is 12.1. The molecule has 0 saturated heterocycles. The number of halogens is 4. The fourth-order valence-electron chi connectivity index (χ4n) is 1.90. The molecule has 25 heavy (non-hydrogen) atoms. The molecular formula is C17H10BrF3N2O2. The van der Waals surface area contributed by atoms with Gasteiger partial charge in [0.1, 0.15) is 17.4 Å². The number of carbonyl (C=O) groups excluding carboxylic acids is 1. The number of hydrogen-bond donors (Lipinski definition) is 2. The SMILES string of the molecule is N#C/C(=C\c1ccc(O)c(Br)c1)C(=O)Nc1cccc(C(F)(F)F)c1. The van der Waals surface area contributed by atoms with Gasteiger partial charge in [-0.3, -0.25) is 4.79 Å². The van der Waals surface area contributed by atoms with E-state index in [4.69, 9.17) is 5.26 Å². The first-order valence-electron chi connectivity index (χ1n) is 6.79. The van der Waals surface area contributed by atoms with E-state index in [-0.39, 0.29) is 17.0 Å². The highest BCUT2D eigenvalue weighted by atomic mass is 79.9. The number of amides is 1. The highest BCUT2D eigenvalue weighted by Gasteiger charge is 2.30. The van der Waals surface area contributed by atoms with Crippen LogP contribution < -0.4 is 5.32 Å². The summed E-state index contributed by atoms with van der Waals surface area (Å²) < 4.78 is 38.4. The Hall–Kier alpha value is -2.79. The third-order valence-corrected chi connectivity index (χ3v) is 3.73. The van der Waals surface area contributed by atoms with E-state index < -0.39 is 17.6 Å². The largest absolute Gasteiger partial charge is 0.507 e. The maximum Gasteiger partial charge on any atom is 0.416 e. The highest BCUT2D eigenvalue weighted by Crippen LogP contribution is 2.31. The Kier molecular flexibility index (Phi) is 5.49. The molecule has 0 aliphatic heterocycles. The summed E-state index contributed by atoms with van der Waals surface area (Å²) in [5.74, 6) is -0.852. The number of benzene rings is 2. The van der Waals surface area contributed by atoms with Crippen molar-refractivity contribution in [2.24, 2.45) is 0 Å². The lowest BCUT2D eigenvalue weighted by Crippen LogP contribution is -2.14. The van der Waals surface area contributed by atoms with Crippen LogP contribution in [0.4, 0.5) is 18.9 Å². The Labute approximate surface area is 149 Å². The standard InChI is InChI=1S/C17H10BrF3N2O2/c18-14-7-10(4-5-15(14)24)6-11(9-22)16(25)23-13-3-1-2-12(8-13)17(19,20)21/h1-8,24H,(H,23,25)/b11-6+. The summed E-state index contributed by atoms with van der Waals surface area (Å²) in [6.45, 7) is 0. The van der Waals surface area contributed by atoms with E-state index in [0.29, 0.717) is 10.0 Å². The van der Waals surface area contributed by atoms with Gasteiger partial charge in [-0.2, -0.15) is 18.4 Å². The second-order valence-corrected chi connectivity index (χ2v) is 5.77. The lowest BCUT2D eigenvalue weighted by Gasteiger charge is -2.09. The Bertz CT molecular complexity index is 886. The Morgan fingerprint density at radius 1 is 1.24 bits per heavy atom. The summed E-state index contributed by atoms with van der Waals surface area (Å²) in [6, 6.07) is 10.2. The number of carbonyl (C=O) groups is 1. The summed E-state index contributed by atoms with van der Waals surface area (Å²) in [6.07, 6.45) is -3.28. The van der Waals surface area contributed by atoms with E-state index in [9.17, 15) is 23.1 Å². The fraction of sp³-hybridized carbons (Fsp3) is 0.0588. The van der Waals surface area contributed by atoms with Gasteiger partial charge in [0.05, 0.1) is 10.0 Å². The monoisotopic (exact) mass is 410 g/mol. The van der Waals surface area contributed by atoms with Crippen molar-refractivity contribution in [1.82, 2.24) is 0 Å². The molecular weight excluding hydrogens is 401 g/mol. The fourth-order valence-corrected chi connectivity index (χ4v) is 2.30. The number of phenolic OH excluding ortho intramolecular Hbond substituents is 1. The molecule has 2 aromatic carbocycles. The molecule has 1 amide bonds. The Morgan fingerprint density at radius 3 is 2.56 bits per heavy atom. The molecule has 4 nitrogen and oxygen atoms in total. The van der Waals surface area contributed by atoms with Gasteiger partial charge < -0.3 is 10.4 Å². The Morgan fingerprint density at radius 2 is 1.96 bits per heavy atom. The van der Waals surface area contributed by atoms with Crippen molar-refractivity contribution < 1.29 is 23.1 Å². The quantitative estimate of drug-likeness (QED) is 0.567. The van der Waals surface area contributed by atoms with Gasteiger partial charge in [-0.25, -0.2) is 0 Å². The number of phenols is 1. The molecule has 128 valence electrons. The minimum Gasteiger partial charge on any atom is -0.507 e. The zero-order chi connectivity index (χ0) is 18.6. The van der Waals surface area contributed by atoms with Crippen LogP contribution in [0.25, 0.3) is 6.08 Å². The van der Waals surface area contributed by atoms with Gasteiger partial charge in [-0.1, -0.05) is 12.1 Å². The van der Waals surface area contributed by atoms with E-state index in [1.54, 1.807) is 6.07 Å². The summed E-state index contributed by atoms with van der Waals surface area (Å²) in [5.41, 5.74) is -0.821. The van der Waals surface area contributed by atoms with E-state index in [0.717, 1.165) is 18.2 Å². The molecule has 2 rings (SSSR count). The molecule has 0 aromatic heterocycles. The second kappa shape index (κ2) is 7.40.